The van der Waals surface area contributed by atoms with Gasteiger partial charge in [-0.05, 0) is 28.1 Å². The summed E-state index contributed by atoms with van der Waals surface area (Å²) in [6.45, 7) is 0. The molecule has 0 aliphatic heterocycles. The fourth-order valence-electron chi connectivity index (χ4n) is 1.72. The lowest BCUT2D eigenvalue weighted by atomic mass is 10.3. The van der Waals surface area contributed by atoms with Crippen molar-refractivity contribution in [2.24, 2.45) is 0 Å². The summed E-state index contributed by atoms with van der Waals surface area (Å²) in [7, 11) is 0. The maximum atomic E-state index is 13.7. The van der Waals surface area contributed by atoms with Crippen LogP contribution in [0, 0.1) is 5.82 Å². The third kappa shape index (κ3) is 1.63. The van der Waals surface area contributed by atoms with Crippen LogP contribution in [0.2, 0.25) is 0 Å². The van der Waals surface area contributed by atoms with Gasteiger partial charge < -0.3 is 0 Å². The van der Waals surface area contributed by atoms with E-state index in [0.717, 1.165) is 15.4 Å². The summed E-state index contributed by atoms with van der Waals surface area (Å²) in [4.78, 5) is 4.07. The Morgan fingerprint density at radius 2 is 1.94 bits per heavy atom. The molecule has 0 fully saturated rings. The monoisotopic (exact) mass is 291 g/mol. The van der Waals surface area contributed by atoms with Gasteiger partial charge in [0.2, 0.25) is 0 Å². The maximum absolute atomic E-state index is 13.7. The van der Waals surface area contributed by atoms with Crippen LogP contribution in [-0.4, -0.2) is 14.8 Å². The summed E-state index contributed by atoms with van der Waals surface area (Å²) in [5, 5.41) is 5.10. The third-order valence-corrected chi connectivity index (χ3v) is 3.16. The van der Waals surface area contributed by atoms with Gasteiger partial charge in [-0.3, -0.25) is 4.98 Å². The molecule has 0 amide bonds. The minimum absolute atomic E-state index is 0.308. The predicted molar refractivity (Wildman–Crippen MR) is 66.5 cm³/mol. The second-order valence-corrected chi connectivity index (χ2v) is 4.42. The molecule has 0 N–H and O–H groups in total. The van der Waals surface area contributed by atoms with E-state index < -0.39 is 0 Å². The fourth-order valence-corrected chi connectivity index (χ4v) is 2.15. The Balaban J connectivity index is 2.33. The molecule has 0 saturated carbocycles. The first kappa shape index (κ1) is 10.4. The summed E-state index contributed by atoms with van der Waals surface area (Å²) in [6, 6.07) is 6.52. The Labute approximate surface area is 105 Å². The molecule has 0 aliphatic rings. The Morgan fingerprint density at radius 1 is 1.12 bits per heavy atom. The van der Waals surface area contributed by atoms with Crippen molar-refractivity contribution in [1.82, 2.24) is 14.8 Å². The van der Waals surface area contributed by atoms with Crippen LogP contribution in [0.3, 0.4) is 0 Å². The van der Waals surface area contributed by atoms with Crippen LogP contribution in [0.4, 0.5) is 4.39 Å². The van der Waals surface area contributed by atoms with Crippen LogP contribution >= 0.6 is 15.9 Å². The van der Waals surface area contributed by atoms with Crippen molar-refractivity contribution in [2.75, 3.05) is 0 Å². The molecule has 2 aromatic heterocycles. The van der Waals surface area contributed by atoms with E-state index in [4.69, 9.17) is 0 Å². The van der Waals surface area contributed by atoms with Crippen molar-refractivity contribution in [1.29, 1.82) is 0 Å². The fraction of sp³-hybridized carbons (Fsp3) is 0. The molecule has 84 valence electrons. The van der Waals surface area contributed by atoms with Gasteiger partial charge in [0.15, 0.2) is 0 Å². The molecule has 0 aliphatic carbocycles. The van der Waals surface area contributed by atoms with Gasteiger partial charge in [-0.15, -0.1) is 0 Å². The standard InChI is InChI=1S/C12H7BrFN3/c13-9-6-15-7-12-8(9)5-16-17(12)11-4-2-1-3-10(11)14/h1-7H. The van der Waals surface area contributed by atoms with Crippen LogP contribution < -0.4 is 0 Å². The number of halogens is 2. The molecule has 0 atom stereocenters. The first-order valence-corrected chi connectivity index (χ1v) is 5.79. The number of hydrogen-bond donors (Lipinski definition) is 0. The van der Waals surface area contributed by atoms with E-state index >= 15 is 0 Å². The average Bonchev–Trinajstić information content (AvgIpc) is 2.75. The lowest BCUT2D eigenvalue weighted by molar-refractivity contribution is 0.613. The first-order valence-electron chi connectivity index (χ1n) is 4.99. The molecule has 3 aromatic rings. The normalized spacial score (nSPS) is 10.9. The van der Waals surface area contributed by atoms with E-state index in [1.54, 1.807) is 41.5 Å². The average molecular weight is 292 g/mol. The van der Waals surface area contributed by atoms with Crippen molar-refractivity contribution < 1.29 is 4.39 Å². The lowest BCUT2D eigenvalue weighted by Gasteiger charge is -2.04. The summed E-state index contributed by atoms with van der Waals surface area (Å²) in [5.74, 6) is -0.308. The lowest BCUT2D eigenvalue weighted by Crippen LogP contribution is -1.99. The second kappa shape index (κ2) is 3.92. The Morgan fingerprint density at radius 3 is 2.76 bits per heavy atom. The highest BCUT2D eigenvalue weighted by Crippen LogP contribution is 2.24. The summed E-state index contributed by atoms with van der Waals surface area (Å²) < 4.78 is 16.1. The van der Waals surface area contributed by atoms with Crippen molar-refractivity contribution in [3.63, 3.8) is 0 Å². The van der Waals surface area contributed by atoms with E-state index in [1.807, 2.05) is 0 Å². The Bertz CT molecular complexity index is 693. The zero-order chi connectivity index (χ0) is 11.8. The van der Waals surface area contributed by atoms with Crippen LogP contribution in [0.1, 0.15) is 0 Å². The van der Waals surface area contributed by atoms with Crippen molar-refractivity contribution in [2.45, 2.75) is 0 Å². The molecule has 0 bridgehead atoms. The molecule has 0 unspecified atom stereocenters. The molecule has 5 heteroatoms. The predicted octanol–water partition coefficient (Wildman–Crippen LogP) is 3.32. The van der Waals surface area contributed by atoms with Crippen molar-refractivity contribution in [3.8, 4) is 5.69 Å². The van der Waals surface area contributed by atoms with Gasteiger partial charge in [0, 0.05) is 16.1 Å². The highest BCUT2D eigenvalue weighted by molar-refractivity contribution is 9.10. The zero-order valence-electron chi connectivity index (χ0n) is 8.64. The van der Waals surface area contributed by atoms with Gasteiger partial charge in [-0.25, -0.2) is 9.07 Å². The smallest absolute Gasteiger partial charge is 0.148 e. The molecule has 0 saturated heterocycles. The number of hydrogen-bond acceptors (Lipinski definition) is 2. The van der Waals surface area contributed by atoms with Gasteiger partial charge in [0.05, 0.1) is 17.9 Å². The topological polar surface area (TPSA) is 30.7 Å². The van der Waals surface area contributed by atoms with Crippen molar-refractivity contribution in [3.05, 3.63) is 53.1 Å². The number of nitrogens with zero attached hydrogens (tertiary/aromatic N) is 3. The minimum Gasteiger partial charge on any atom is -0.261 e. The minimum atomic E-state index is -0.308. The number of rotatable bonds is 1. The largest absolute Gasteiger partial charge is 0.261 e. The number of para-hydroxylation sites is 1. The number of benzene rings is 1. The van der Waals surface area contributed by atoms with E-state index in [2.05, 4.69) is 26.0 Å². The van der Waals surface area contributed by atoms with E-state index in [-0.39, 0.29) is 5.82 Å². The van der Waals surface area contributed by atoms with E-state index in [0.29, 0.717) is 5.69 Å². The maximum Gasteiger partial charge on any atom is 0.148 e. The third-order valence-electron chi connectivity index (χ3n) is 2.53. The second-order valence-electron chi connectivity index (χ2n) is 3.56. The molecular formula is C12H7BrFN3. The van der Waals surface area contributed by atoms with E-state index in [9.17, 15) is 4.39 Å². The first-order chi connectivity index (χ1) is 8.27. The van der Waals surface area contributed by atoms with Crippen LogP contribution in [-0.2, 0) is 0 Å². The Hall–Kier alpha value is -1.75. The highest BCUT2D eigenvalue weighted by Gasteiger charge is 2.10. The molecular weight excluding hydrogens is 285 g/mol. The van der Waals surface area contributed by atoms with E-state index in [1.165, 1.54) is 6.07 Å². The molecule has 17 heavy (non-hydrogen) atoms. The van der Waals surface area contributed by atoms with Gasteiger partial charge in [0.1, 0.15) is 11.5 Å². The van der Waals surface area contributed by atoms with Gasteiger partial charge in [-0.2, -0.15) is 5.10 Å². The summed E-state index contributed by atoms with van der Waals surface area (Å²) in [5.41, 5.74) is 1.19. The molecule has 1 aromatic carbocycles. The molecule has 3 rings (SSSR count). The summed E-state index contributed by atoms with van der Waals surface area (Å²) >= 11 is 3.39. The zero-order valence-corrected chi connectivity index (χ0v) is 10.2. The molecule has 2 heterocycles. The quantitative estimate of drug-likeness (QED) is 0.689. The van der Waals surface area contributed by atoms with Crippen LogP contribution in [0.15, 0.2) is 47.3 Å². The van der Waals surface area contributed by atoms with Crippen molar-refractivity contribution >= 4 is 26.8 Å². The Kier molecular flexibility index (Phi) is 2.40. The number of fused-ring (bicyclic) bond motifs is 1. The summed E-state index contributed by atoms with van der Waals surface area (Å²) in [6.07, 6.45) is 5.04. The van der Waals surface area contributed by atoms with Gasteiger partial charge in [-0.1, -0.05) is 12.1 Å². The van der Waals surface area contributed by atoms with Crippen LogP contribution in [0.25, 0.3) is 16.6 Å². The van der Waals surface area contributed by atoms with Crippen LogP contribution in [0.5, 0.6) is 0 Å². The number of pyridine rings is 1. The molecule has 3 nitrogen and oxygen atoms in total. The highest BCUT2D eigenvalue weighted by atomic mass is 79.9. The molecule has 0 radical (unpaired) electrons. The molecule has 0 spiro atoms. The van der Waals surface area contributed by atoms with Gasteiger partial charge in [0.25, 0.3) is 0 Å². The number of aromatic nitrogens is 3. The SMILES string of the molecule is Fc1ccccc1-n1ncc2c(Br)cncc21. The van der Waals surface area contributed by atoms with Gasteiger partial charge >= 0.3 is 0 Å².